The molecule has 0 bridgehead atoms. The first-order chi connectivity index (χ1) is 38.3. The van der Waals surface area contributed by atoms with Gasteiger partial charge in [-0.3, -0.25) is 60.4 Å². The molecule has 20 nitrogen and oxygen atoms in total. The summed E-state index contributed by atoms with van der Waals surface area (Å²) in [4.78, 5) is 57.7. The molecule has 0 unspecified atom stereocenters. The van der Waals surface area contributed by atoms with Crippen molar-refractivity contribution in [3.05, 3.63) is 279 Å². The minimum absolute atomic E-state index is 0. The molecule has 0 aliphatic heterocycles. The Morgan fingerprint density at radius 1 is 0.305 bits per heavy atom. The maximum Gasteiger partial charge on any atom is 2.00 e. The Hall–Kier alpha value is -9.51. The number of hydrogen-bond acceptors (Lipinski definition) is 16. The van der Waals surface area contributed by atoms with Crippen molar-refractivity contribution in [3.8, 4) is 23.0 Å². The third kappa shape index (κ3) is 21.3. The zero-order valence-corrected chi connectivity index (χ0v) is 50.9. The first-order valence-corrected chi connectivity index (χ1v) is 24.5. The molecule has 0 heterocycles. The van der Waals surface area contributed by atoms with E-state index in [4.69, 9.17) is 0 Å². The molecule has 0 saturated carbocycles. The summed E-state index contributed by atoms with van der Waals surface area (Å²) in [6, 6.07) is 52.5. The van der Waals surface area contributed by atoms with E-state index in [1.807, 2.05) is 149 Å². The van der Waals surface area contributed by atoms with E-state index < -0.39 is 19.7 Å². The molecule has 0 amide bonds. The van der Waals surface area contributed by atoms with Gasteiger partial charge in [0.25, 0.3) is 22.7 Å². The van der Waals surface area contributed by atoms with Crippen molar-refractivity contribution < 1.29 is 79.1 Å². The fourth-order valence-electron chi connectivity index (χ4n) is 7.04. The maximum absolute atomic E-state index is 11.6. The molecule has 0 saturated heterocycles. The molecule has 0 aliphatic rings. The van der Waals surface area contributed by atoms with Crippen LogP contribution in [-0.2, 0) is 39.0 Å². The van der Waals surface area contributed by atoms with Gasteiger partial charge in [-0.15, -0.1) is 0 Å². The van der Waals surface area contributed by atoms with Crippen LogP contribution in [0, 0.1) is 40.5 Å². The Labute approximate surface area is 497 Å². The van der Waals surface area contributed by atoms with E-state index in [9.17, 15) is 60.9 Å². The van der Waals surface area contributed by atoms with Crippen molar-refractivity contribution in [1.29, 1.82) is 0 Å². The third-order valence-corrected chi connectivity index (χ3v) is 11.7. The average molecular weight is 1210 g/mol. The number of aliphatic imine (C=N–C) groups is 4. The third-order valence-electron chi connectivity index (χ3n) is 11.7. The Morgan fingerprint density at radius 3 is 0.634 bits per heavy atom. The molecule has 408 valence electrons. The zero-order chi connectivity index (χ0) is 58.1. The number of nitrogens with zero attached hydrogens (tertiary/aromatic N) is 8. The normalized spacial score (nSPS) is 12.1. The van der Waals surface area contributed by atoms with E-state index in [0.29, 0.717) is 0 Å². The summed E-state index contributed by atoms with van der Waals surface area (Å²) in [5, 5.41) is 89.2. The number of nitro benzene ring substituents is 4. The van der Waals surface area contributed by atoms with Crippen LogP contribution in [0.1, 0.15) is 96.4 Å². The van der Waals surface area contributed by atoms with Crippen LogP contribution < -0.4 is 20.4 Å². The molecule has 22 heteroatoms. The van der Waals surface area contributed by atoms with Crippen molar-refractivity contribution in [2.75, 3.05) is 0 Å². The number of rotatable bonds is 16. The van der Waals surface area contributed by atoms with Crippen LogP contribution in [0.15, 0.2) is 214 Å². The summed E-state index contributed by atoms with van der Waals surface area (Å²) in [5.74, 6) is -1.11. The van der Waals surface area contributed by atoms with Crippen molar-refractivity contribution in [2.24, 2.45) is 20.0 Å². The molecule has 0 fully saturated rings. The van der Waals surface area contributed by atoms with Gasteiger partial charge in [0.2, 0.25) is 0 Å². The van der Waals surface area contributed by atoms with E-state index in [2.05, 4.69) is 20.0 Å². The van der Waals surface area contributed by atoms with Crippen molar-refractivity contribution in [3.63, 3.8) is 0 Å². The molecule has 0 aliphatic carbocycles. The van der Waals surface area contributed by atoms with Gasteiger partial charge >= 0.3 is 39.0 Å². The molecule has 8 aromatic carbocycles. The van der Waals surface area contributed by atoms with Crippen LogP contribution in [0.2, 0.25) is 0 Å². The quantitative estimate of drug-likeness (QED) is 0.0377. The number of non-ortho nitro benzene ring substituents is 4. The standard InChI is InChI=1S/4C15H14N2O3.2Zn/c4*1-11(12-5-3-2-4-6-12)16-10-13-9-14(17(19)20)7-8-15(13)18;;/h4*2-11,18H,1H3;;/q;;;;2*+2/p-4/t4*11-;;/m1111../s1. The van der Waals surface area contributed by atoms with Gasteiger partial charge in [0.15, 0.2) is 0 Å². The summed E-state index contributed by atoms with van der Waals surface area (Å²) in [5.41, 5.74) is 4.51. The van der Waals surface area contributed by atoms with Crippen molar-refractivity contribution in [1.82, 2.24) is 0 Å². The predicted octanol–water partition coefficient (Wildman–Crippen LogP) is 11.4. The molecule has 0 spiro atoms. The second kappa shape index (κ2) is 33.8. The number of hydrogen-bond donors (Lipinski definition) is 0. The van der Waals surface area contributed by atoms with E-state index in [1.54, 1.807) is 0 Å². The monoisotopic (exact) mass is 1200 g/mol. The molecular weight excluding hydrogens is 1160 g/mol. The molecule has 0 aromatic heterocycles. The smallest absolute Gasteiger partial charge is 0.872 e. The summed E-state index contributed by atoms with van der Waals surface area (Å²) in [7, 11) is 0. The largest absolute Gasteiger partial charge is 2.00 e. The van der Waals surface area contributed by atoms with Crippen LogP contribution in [0.5, 0.6) is 23.0 Å². The van der Waals surface area contributed by atoms with Gasteiger partial charge < -0.3 is 20.4 Å². The Morgan fingerprint density at radius 2 is 0.476 bits per heavy atom. The van der Waals surface area contributed by atoms with Crippen LogP contribution in [0.4, 0.5) is 22.7 Å². The summed E-state index contributed by atoms with van der Waals surface area (Å²) in [6.07, 6.45) is 5.58. The predicted molar refractivity (Wildman–Crippen MR) is 300 cm³/mol. The molecule has 0 N–H and O–H groups in total. The molecule has 8 aromatic rings. The molecule has 0 radical (unpaired) electrons. The van der Waals surface area contributed by atoms with Crippen LogP contribution in [-0.4, -0.2) is 44.6 Å². The summed E-state index contributed by atoms with van der Waals surface area (Å²) >= 11 is 0. The zero-order valence-electron chi connectivity index (χ0n) is 45.0. The Balaban J connectivity index is 0.000000285. The van der Waals surface area contributed by atoms with Gasteiger partial charge in [0, 0.05) is 73.4 Å². The number of benzene rings is 8. The maximum atomic E-state index is 11.6. The Bertz CT molecular complexity index is 3030. The molecular formula is C60H52N8O12Zn2. The van der Waals surface area contributed by atoms with Crippen molar-refractivity contribution >= 4 is 47.6 Å². The topological polar surface area (TPSA) is 314 Å². The van der Waals surface area contributed by atoms with Crippen LogP contribution in [0.25, 0.3) is 0 Å². The molecule has 8 rings (SSSR count). The van der Waals surface area contributed by atoms with Gasteiger partial charge in [-0.1, -0.05) is 169 Å². The van der Waals surface area contributed by atoms with Crippen molar-refractivity contribution in [2.45, 2.75) is 51.9 Å². The molecule has 4 atom stereocenters. The summed E-state index contributed by atoms with van der Waals surface area (Å²) in [6.45, 7) is 7.59. The van der Waals surface area contributed by atoms with Gasteiger partial charge in [0.05, 0.1) is 43.9 Å². The summed E-state index contributed by atoms with van der Waals surface area (Å²) < 4.78 is 0. The van der Waals surface area contributed by atoms with Crippen LogP contribution in [0.3, 0.4) is 0 Å². The van der Waals surface area contributed by atoms with Gasteiger partial charge in [0.1, 0.15) is 0 Å². The van der Waals surface area contributed by atoms with Gasteiger partial charge in [-0.2, -0.15) is 0 Å². The fourth-order valence-corrected chi connectivity index (χ4v) is 7.04. The number of nitro groups is 4. The average Bonchev–Trinajstić information content (AvgIpc) is 3.47. The second-order valence-corrected chi connectivity index (χ2v) is 17.4. The Kier molecular flexibility index (Phi) is 27.5. The van der Waals surface area contributed by atoms with E-state index >= 15 is 0 Å². The van der Waals surface area contributed by atoms with Gasteiger partial charge in [-0.05, 0) is 72.2 Å². The van der Waals surface area contributed by atoms with Crippen LogP contribution >= 0.6 is 0 Å². The van der Waals surface area contributed by atoms with E-state index in [1.165, 1.54) is 97.7 Å². The molecule has 82 heavy (non-hydrogen) atoms. The fraction of sp³-hybridized carbons (Fsp3) is 0.133. The van der Waals surface area contributed by atoms with E-state index in [0.717, 1.165) is 22.3 Å². The first kappa shape index (κ1) is 66.8. The minimum Gasteiger partial charge on any atom is -0.872 e. The minimum atomic E-state index is -0.530. The first-order valence-electron chi connectivity index (χ1n) is 24.5. The van der Waals surface area contributed by atoms with Gasteiger partial charge in [-0.25, -0.2) is 0 Å². The SMILES string of the molecule is C[C@@H](N=Cc1cc([N+](=O)[O-])ccc1[O-])c1ccccc1.C[C@@H](N=Cc1cc([N+](=O)[O-])ccc1[O-])c1ccccc1.C[C@@H](N=Cc1cc([N+](=O)[O-])ccc1[O-])c1ccccc1.C[C@@H](N=Cc1cc([N+](=O)[O-])ccc1[O-])c1ccccc1.[Zn+2].[Zn+2]. The van der Waals surface area contributed by atoms with E-state index in [-0.39, 0.29) is 131 Å². The second-order valence-electron chi connectivity index (χ2n) is 17.4.